The molecular formula is C14H18N2O3. The van der Waals surface area contributed by atoms with Crippen LogP contribution in [0, 0.1) is 6.92 Å². The summed E-state index contributed by atoms with van der Waals surface area (Å²) in [6.45, 7) is 4.46. The number of aromatic carboxylic acids is 1. The minimum atomic E-state index is -0.944. The average Bonchev–Trinajstić information content (AvgIpc) is 2.70. The lowest BCUT2D eigenvalue weighted by Crippen LogP contribution is -2.10. The van der Waals surface area contributed by atoms with Gasteiger partial charge in [0.2, 0.25) is 0 Å². The monoisotopic (exact) mass is 262 g/mol. The summed E-state index contributed by atoms with van der Waals surface area (Å²) in [4.78, 5) is 15.4. The Kier molecular flexibility index (Phi) is 3.85. The number of aliphatic hydroxyl groups is 1. The number of carboxylic acid groups (broad SMARTS) is 1. The average molecular weight is 262 g/mol. The number of imidazole rings is 1. The van der Waals surface area contributed by atoms with E-state index >= 15 is 0 Å². The van der Waals surface area contributed by atoms with Gasteiger partial charge in [-0.15, -0.1) is 0 Å². The van der Waals surface area contributed by atoms with Crippen molar-refractivity contribution in [3.63, 3.8) is 0 Å². The van der Waals surface area contributed by atoms with Gasteiger partial charge in [-0.2, -0.15) is 0 Å². The van der Waals surface area contributed by atoms with Gasteiger partial charge in [0.05, 0.1) is 22.7 Å². The van der Waals surface area contributed by atoms with Crippen molar-refractivity contribution in [1.29, 1.82) is 0 Å². The van der Waals surface area contributed by atoms with Crippen LogP contribution in [0.4, 0.5) is 0 Å². The molecule has 0 aliphatic carbocycles. The Morgan fingerprint density at radius 3 is 2.84 bits per heavy atom. The van der Waals surface area contributed by atoms with Gasteiger partial charge in [0.15, 0.2) is 0 Å². The molecule has 1 unspecified atom stereocenters. The highest BCUT2D eigenvalue weighted by atomic mass is 16.4. The maximum absolute atomic E-state index is 11.0. The van der Waals surface area contributed by atoms with Crippen LogP contribution in [0.1, 0.15) is 35.9 Å². The lowest BCUT2D eigenvalue weighted by atomic mass is 10.2. The van der Waals surface area contributed by atoms with Gasteiger partial charge in [0.25, 0.3) is 0 Å². The standard InChI is InChI=1S/C14H18N2O3/c1-3-11(17)6-7-16-9(2)15-12-5-4-10(14(18)19)8-13(12)16/h4-5,8,11,17H,3,6-7H2,1-2H3,(H,18,19). The van der Waals surface area contributed by atoms with Gasteiger partial charge in [0.1, 0.15) is 5.82 Å². The van der Waals surface area contributed by atoms with Gasteiger partial charge >= 0.3 is 5.97 Å². The van der Waals surface area contributed by atoms with Crippen molar-refractivity contribution in [2.45, 2.75) is 39.3 Å². The largest absolute Gasteiger partial charge is 0.478 e. The Bertz CT molecular complexity index is 604. The third-order valence-electron chi connectivity index (χ3n) is 3.34. The van der Waals surface area contributed by atoms with Crippen LogP contribution in [-0.4, -0.2) is 31.8 Å². The second-order valence-corrected chi connectivity index (χ2v) is 4.67. The van der Waals surface area contributed by atoms with Gasteiger partial charge in [-0.25, -0.2) is 9.78 Å². The second-order valence-electron chi connectivity index (χ2n) is 4.67. The summed E-state index contributed by atoms with van der Waals surface area (Å²) in [7, 11) is 0. The molecule has 0 amide bonds. The van der Waals surface area contributed by atoms with Crippen molar-refractivity contribution in [3.05, 3.63) is 29.6 Å². The zero-order valence-electron chi connectivity index (χ0n) is 11.1. The number of aliphatic hydroxyl groups excluding tert-OH is 1. The smallest absolute Gasteiger partial charge is 0.335 e. The van der Waals surface area contributed by atoms with E-state index in [1.54, 1.807) is 18.2 Å². The van der Waals surface area contributed by atoms with Crippen LogP contribution in [0.25, 0.3) is 11.0 Å². The van der Waals surface area contributed by atoms with Crippen LogP contribution in [0.15, 0.2) is 18.2 Å². The molecule has 0 fully saturated rings. The van der Waals surface area contributed by atoms with Crippen LogP contribution in [-0.2, 0) is 6.54 Å². The van der Waals surface area contributed by atoms with Crippen molar-refractivity contribution in [2.75, 3.05) is 0 Å². The Hall–Kier alpha value is -1.88. The number of nitrogens with zero attached hydrogens (tertiary/aromatic N) is 2. The molecule has 1 aromatic carbocycles. The SMILES string of the molecule is CCC(O)CCn1c(C)nc2ccc(C(=O)O)cc21. The van der Waals surface area contributed by atoms with Crippen LogP contribution in [0.5, 0.6) is 0 Å². The maximum Gasteiger partial charge on any atom is 0.335 e. The molecule has 0 saturated carbocycles. The Labute approximate surface area is 111 Å². The zero-order chi connectivity index (χ0) is 14.0. The topological polar surface area (TPSA) is 75.3 Å². The highest BCUT2D eigenvalue weighted by Gasteiger charge is 2.11. The maximum atomic E-state index is 11.0. The molecule has 102 valence electrons. The van der Waals surface area contributed by atoms with Crippen molar-refractivity contribution >= 4 is 17.0 Å². The van der Waals surface area contributed by atoms with Gasteiger partial charge in [-0.3, -0.25) is 0 Å². The van der Waals surface area contributed by atoms with Crippen molar-refractivity contribution in [1.82, 2.24) is 9.55 Å². The molecule has 0 spiro atoms. The number of aryl methyl sites for hydroxylation is 2. The molecular weight excluding hydrogens is 244 g/mol. The number of hydrogen-bond donors (Lipinski definition) is 2. The van der Waals surface area contributed by atoms with E-state index in [0.717, 1.165) is 16.9 Å². The summed E-state index contributed by atoms with van der Waals surface area (Å²) < 4.78 is 1.96. The number of carboxylic acids is 1. The Morgan fingerprint density at radius 2 is 2.21 bits per heavy atom. The fraction of sp³-hybridized carbons (Fsp3) is 0.429. The number of benzene rings is 1. The summed E-state index contributed by atoms with van der Waals surface area (Å²) in [6, 6.07) is 4.91. The molecule has 2 rings (SSSR count). The number of carbonyl (C=O) groups is 1. The molecule has 1 heterocycles. The predicted molar refractivity (Wildman–Crippen MR) is 72.3 cm³/mol. The fourth-order valence-electron chi connectivity index (χ4n) is 2.14. The summed E-state index contributed by atoms with van der Waals surface area (Å²) >= 11 is 0. The Morgan fingerprint density at radius 1 is 1.47 bits per heavy atom. The first-order valence-electron chi connectivity index (χ1n) is 6.41. The highest BCUT2D eigenvalue weighted by molar-refractivity contribution is 5.92. The molecule has 0 saturated heterocycles. The first-order chi connectivity index (χ1) is 9.02. The first kappa shape index (κ1) is 13.5. The summed E-state index contributed by atoms with van der Waals surface area (Å²) in [6.07, 6.45) is 1.02. The molecule has 2 aromatic rings. The summed E-state index contributed by atoms with van der Waals surface area (Å²) in [5.74, 6) is -0.110. The molecule has 1 atom stereocenters. The Balaban J connectivity index is 2.38. The number of aromatic nitrogens is 2. The quantitative estimate of drug-likeness (QED) is 0.866. The van der Waals surface area contributed by atoms with E-state index in [0.29, 0.717) is 19.4 Å². The number of hydrogen-bond acceptors (Lipinski definition) is 3. The van der Waals surface area contributed by atoms with Crippen LogP contribution < -0.4 is 0 Å². The van der Waals surface area contributed by atoms with E-state index in [9.17, 15) is 9.90 Å². The molecule has 5 heteroatoms. The molecule has 19 heavy (non-hydrogen) atoms. The fourth-order valence-corrected chi connectivity index (χ4v) is 2.14. The molecule has 0 bridgehead atoms. The van der Waals surface area contributed by atoms with E-state index < -0.39 is 5.97 Å². The second kappa shape index (κ2) is 5.40. The van der Waals surface area contributed by atoms with Gasteiger partial charge in [-0.05, 0) is 38.0 Å². The van der Waals surface area contributed by atoms with Crippen molar-refractivity contribution in [2.24, 2.45) is 0 Å². The summed E-state index contributed by atoms with van der Waals surface area (Å²) in [5.41, 5.74) is 1.85. The summed E-state index contributed by atoms with van der Waals surface area (Å²) in [5, 5.41) is 18.7. The lowest BCUT2D eigenvalue weighted by Gasteiger charge is -2.10. The first-order valence-corrected chi connectivity index (χ1v) is 6.41. The van der Waals surface area contributed by atoms with Gasteiger partial charge in [0, 0.05) is 6.54 Å². The van der Waals surface area contributed by atoms with E-state index in [1.807, 2.05) is 18.4 Å². The molecule has 2 N–H and O–H groups in total. The molecule has 1 aromatic heterocycles. The number of rotatable bonds is 5. The van der Waals surface area contributed by atoms with E-state index in [2.05, 4.69) is 4.98 Å². The molecule has 5 nitrogen and oxygen atoms in total. The number of fused-ring (bicyclic) bond motifs is 1. The normalized spacial score (nSPS) is 12.8. The van der Waals surface area contributed by atoms with Gasteiger partial charge in [-0.1, -0.05) is 6.92 Å². The van der Waals surface area contributed by atoms with Crippen molar-refractivity contribution in [3.8, 4) is 0 Å². The third-order valence-corrected chi connectivity index (χ3v) is 3.34. The van der Waals surface area contributed by atoms with Gasteiger partial charge < -0.3 is 14.8 Å². The zero-order valence-corrected chi connectivity index (χ0v) is 11.1. The van der Waals surface area contributed by atoms with Crippen LogP contribution in [0.3, 0.4) is 0 Å². The molecule has 0 aliphatic heterocycles. The predicted octanol–water partition coefficient (Wildman–Crippen LogP) is 2.20. The lowest BCUT2D eigenvalue weighted by molar-refractivity contribution is 0.0697. The van der Waals surface area contributed by atoms with E-state index in [1.165, 1.54) is 0 Å². The van der Waals surface area contributed by atoms with Crippen LogP contribution in [0.2, 0.25) is 0 Å². The minimum Gasteiger partial charge on any atom is -0.478 e. The minimum absolute atomic E-state index is 0.254. The molecule has 0 radical (unpaired) electrons. The van der Waals surface area contributed by atoms with Crippen molar-refractivity contribution < 1.29 is 15.0 Å². The highest BCUT2D eigenvalue weighted by Crippen LogP contribution is 2.19. The van der Waals surface area contributed by atoms with E-state index in [4.69, 9.17) is 5.11 Å². The van der Waals surface area contributed by atoms with Crippen LogP contribution >= 0.6 is 0 Å². The third kappa shape index (κ3) is 2.76. The molecule has 0 aliphatic rings. The van der Waals surface area contributed by atoms with E-state index in [-0.39, 0.29) is 11.7 Å².